The number of amides is 1. The molecule has 0 aromatic heterocycles. The van der Waals surface area contributed by atoms with E-state index in [1.807, 2.05) is 0 Å². The average Bonchev–Trinajstić information content (AvgIpc) is 2.25. The van der Waals surface area contributed by atoms with Crippen molar-refractivity contribution >= 4 is 27.3 Å². The van der Waals surface area contributed by atoms with Crippen molar-refractivity contribution in [2.45, 2.75) is 19.4 Å². The second-order valence-electron chi connectivity index (χ2n) is 4.30. The fourth-order valence-corrected chi connectivity index (χ4v) is 2.37. The molecule has 6 heteroatoms. The smallest absolute Gasteiger partial charge is 0.251 e. The highest BCUT2D eigenvalue weighted by Gasteiger charge is 2.12. The summed E-state index contributed by atoms with van der Waals surface area (Å²) in [5, 5.41) is 3.23. The van der Waals surface area contributed by atoms with Crippen LogP contribution in [0, 0.1) is 0 Å². The predicted octanol–water partition coefficient (Wildman–Crippen LogP) is 1.89. The Bertz CT molecular complexity index is 528. The van der Waals surface area contributed by atoms with Crippen molar-refractivity contribution in [3.63, 3.8) is 0 Å². The Labute approximate surface area is 112 Å². The van der Waals surface area contributed by atoms with E-state index in [0.29, 0.717) is 17.0 Å². The van der Waals surface area contributed by atoms with Gasteiger partial charge in [-0.1, -0.05) is 17.7 Å². The van der Waals surface area contributed by atoms with Crippen LogP contribution >= 0.6 is 11.6 Å². The number of rotatable bonds is 5. The molecule has 1 atom stereocenters. The maximum absolute atomic E-state index is 11.8. The van der Waals surface area contributed by atoms with Gasteiger partial charge in [0.1, 0.15) is 9.84 Å². The molecule has 0 aliphatic rings. The molecule has 1 amide bonds. The van der Waals surface area contributed by atoms with E-state index in [1.165, 1.54) is 6.26 Å². The lowest BCUT2D eigenvalue weighted by Crippen LogP contribution is -2.33. The molecule has 1 N–H and O–H groups in total. The molecule has 0 radical (unpaired) electrons. The summed E-state index contributed by atoms with van der Waals surface area (Å²) in [5.74, 6) is -0.192. The van der Waals surface area contributed by atoms with Crippen LogP contribution in [0.1, 0.15) is 23.7 Å². The fraction of sp³-hybridized carbons (Fsp3) is 0.417. The monoisotopic (exact) mass is 289 g/mol. The van der Waals surface area contributed by atoms with Gasteiger partial charge >= 0.3 is 0 Å². The molecular weight excluding hydrogens is 274 g/mol. The molecule has 0 aliphatic heterocycles. The fourth-order valence-electron chi connectivity index (χ4n) is 1.40. The van der Waals surface area contributed by atoms with Crippen molar-refractivity contribution in [2.75, 3.05) is 12.0 Å². The molecule has 0 heterocycles. The molecule has 1 rings (SSSR count). The van der Waals surface area contributed by atoms with Crippen LogP contribution in [-0.2, 0) is 9.84 Å². The van der Waals surface area contributed by atoms with Crippen molar-refractivity contribution < 1.29 is 13.2 Å². The summed E-state index contributed by atoms with van der Waals surface area (Å²) in [7, 11) is -3.00. The minimum absolute atomic E-state index is 0.0595. The van der Waals surface area contributed by atoms with Gasteiger partial charge in [-0.2, -0.15) is 0 Å². The first-order valence-corrected chi connectivity index (χ1v) is 7.96. The van der Waals surface area contributed by atoms with E-state index in [1.54, 1.807) is 31.2 Å². The summed E-state index contributed by atoms with van der Waals surface area (Å²) in [6.45, 7) is 1.77. The zero-order valence-electron chi connectivity index (χ0n) is 10.3. The summed E-state index contributed by atoms with van der Waals surface area (Å²) in [4.78, 5) is 11.8. The molecule has 4 nitrogen and oxygen atoms in total. The van der Waals surface area contributed by atoms with Gasteiger partial charge in [-0.3, -0.25) is 4.79 Å². The first-order valence-electron chi connectivity index (χ1n) is 5.52. The molecular formula is C12H16ClNO3S. The maximum Gasteiger partial charge on any atom is 0.251 e. The van der Waals surface area contributed by atoms with Crippen LogP contribution < -0.4 is 5.32 Å². The van der Waals surface area contributed by atoms with Gasteiger partial charge < -0.3 is 5.32 Å². The molecule has 1 aromatic rings. The second kappa shape index (κ2) is 6.20. The van der Waals surface area contributed by atoms with E-state index < -0.39 is 9.84 Å². The molecule has 0 spiro atoms. The summed E-state index contributed by atoms with van der Waals surface area (Å²) < 4.78 is 22.0. The zero-order valence-corrected chi connectivity index (χ0v) is 11.9. The molecule has 0 fully saturated rings. The van der Waals surface area contributed by atoms with Crippen molar-refractivity contribution in [1.82, 2.24) is 5.32 Å². The quantitative estimate of drug-likeness (QED) is 0.900. The number of carbonyl (C=O) groups is 1. The van der Waals surface area contributed by atoms with Gasteiger partial charge in [-0.05, 0) is 31.5 Å². The highest BCUT2D eigenvalue weighted by Crippen LogP contribution is 2.10. The molecule has 100 valence electrons. The Hall–Kier alpha value is -1.07. The van der Waals surface area contributed by atoms with E-state index in [4.69, 9.17) is 11.6 Å². The average molecular weight is 290 g/mol. The topological polar surface area (TPSA) is 63.2 Å². The molecule has 18 heavy (non-hydrogen) atoms. The molecule has 0 aliphatic carbocycles. The third kappa shape index (κ3) is 5.51. The number of hydrogen-bond donors (Lipinski definition) is 1. The van der Waals surface area contributed by atoms with Crippen LogP contribution in [-0.4, -0.2) is 32.4 Å². The lowest BCUT2D eigenvalue weighted by molar-refractivity contribution is 0.0939. The molecule has 0 saturated heterocycles. The summed E-state index contributed by atoms with van der Waals surface area (Å²) in [6, 6.07) is 6.40. The van der Waals surface area contributed by atoms with Gasteiger partial charge in [-0.15, -0.1) is 0 Å². The van der Waals surface area contributed by atoms with Gasteiger partial charge in [0.2, 0.25) is 0 Å². The Morgan fingerprint density at radius 1 is 1.44 bits per heavy atom. The maximum atomic E-state index is 11.8. The van der Waals surface area contributed by atoms with E-state index in [0.717, 1.165) is 0 Å². The number of hydrogen-bond acceptors (Lipinski definition) is 3. The standard InChI is InChI=1S/C12H16ClNO3S/c1-9(6-7-18(2,16)17)14-12(15)10-4-3-5-11(13)8-10/h3-5,8-9H,6-7H2,1-2H3,(H,14,15)/t9-/m0/s1. The van der Waals surface area contributed by atoms with Crippen LogP contribution in [0.15, 0.2) is 24.3 Å². The van der Waals surface area contributed by atoms with Crippen molar-refractivity contribution in [3.05, 3.63) is 34.9 Å². The summed E-state index contributed by atoms with van der Waals surface area (Å²) in [6.07, 6.45) is 1.57. The van der Waals surface area contributed by atoms with Crippen molar-refractivity contribution in [3.8, 4) is 0 Å². The van der Waals surface area contributed by atoms with Gasteiger partial charge in [0.25, 0.3) is 5.91 Å². The Kier molecular flexibility index (Phi) is 5.16. The van der Waals surface area contributed by atoms with Crippen LogP contribution in [0.4, 0.5) is 0 Å². The molecule has 0 bridgehead atoms. The predicted molar refractivity (Wildman–Crippen MR) is 72.7 cm³/mol. The normalized spacial score (nSPS) is 13.1. The third-order valence-electron chi connectivity index (χ3n) is 2.39. The Balaban J connectivity index is 2.55. The van der Waals surface area contributed by atoms with Crippen LogP contribution in [0.5, 0.6) is 0 Å². The molecule has 1 aromatic carbocycles. The minimum Gasteiger partial charge on any atom is -0.350 e. The summed E-state index contributed by atoms with van der Waals surface area (Å²) in [5.41, 5.74) is 0.466. The third-order valence-corrected chi connectivity index (χ3v) is 3.60. The summed E-state index contributed by atoms with van der Waals surface area (Å²) >= 11 is 5.79. The van der Waals surface area contributed by atoms with Gasteiger partial charge in [-0.25, -0.2) is 8.42 Å². The first-order chi connectivity index (χ1) is 8.28. The largest absolute Gasteiger partial charge is 0.350 e. The van der Waals surface area contributed by atoms with Gasteiger partial charge in [0.15, 0.2) is 0 Å². The van der Waals surface area contributed by atoms with E-state index in [9.17, 15) is 13.2 Å². The van der Waals surface area contributed by atoms with E-state index >= 15 is 0 Å². The number of halogens is 1. The number of carbonyl (C=O) groups excluding carboxylic acids is 1. The number of nitrogens with one attached hydrogen (secondary N) is 1. The van der Waals surface area contributed by atoms with Crippen molar-refractivity contribution in [2.24, 2.45) is 0 Å². The second-order valence-corrected chi connectivity index (χ2v) is 7.00. The van der Waals surface area contributed by atoms with Crippen LogP contribution in [0.25, 0.3) is 0 Å². The number of sulfone groups is 1. The van der Waals surface area contributed by atoms with Crippen LogP contribution in [0.2, 0.25) is 5.02 Å². The molecule has 0 saturated carbocycles. The van der Waals surface area contributed by atoms with Gasteiger partial charge in [0.05, 0.1) is 5.75 Å². The number of benzene rings is 1. The lowest BCUT2D eigenvalue weighted by atomic mass is 10.2. The van der Waals surface area contributed by atoms with Crippen molar-refractivity contribution in [1.29, 1.82) is 0 Å². The van der Waals surface area contributed by atoms with E-state index in [2.05, 4.69) is 5.32 Å². The van der Waals surface area contributed by atoms with Gasteiger partial charge in [0, 0.05) is 22.9 Å². The van der Waals surface area contributed by atoms with Crippen LogP contribution in [0.3, 0.4) is 0 Å². The molecule has 0 unspecified atom stereocenters. The SMILES string of the molecule is C[C@@H](CCS(C)(=O)=O)NC(=O)c1cccc(Cl)c1. The van der Waals surface area contributed by atoms with E-state index in [-0.39, 0.29) is 17.7 Å². The Morgan fingerprint density at radius 3 is 2.67 bits per heavy atom. The highest BCUT2D eigenvalue weighted by atomic mass is 35.5. The first kappa shape index (κ1) is 15.0. The Morgan fingerprint density at radius 2 is 2.11 bits per heavy atom. The minimum atomic E-state index is -3.00. The zero-order chi connectivity index (χ0) is 13.8. The lowest BCUT2D eigenvalue weighted by Gasteiger charge is -2.13. The highest BCUT2D eigenvalue weighted by molar-refractivity contribution is 7.90.